The van der Waals surface area contributed by atoms with Crippen LogP contribution in [0.25, 0.3) is 0 Å². The number of halogens is 1. The molecule has 0 aliphatic heterocycles. The highest BCUT2D eigenvalue weighted by molar-refractivity contribution is 7.98. The van der Waals surface area contributed by atoms with Crippen molar-refractivity contribution >= 4 is 40.6 Å². The van der Waals surface area contributed by atoms with Crippen LogP contribution < -0.4 is 0 Å². The summed E-state index contributed by atoms with van der Waals surface area (Å²) in [4.78, 5) is 16.6. The summed E-state index contributed by atoms with van der Waals surface area (Å²) in [7, 11) is 0. The molecule has 0 atom stereocenters. The van der Waals surface area contributed by atoms with Crippen molar-refractivity contribution in [3.05, 3.63) is 51.2 Å². The van der Waals surface area contributed by atoms with E-state index in [1.807, 2.05) is 54.5 Å². The number of carbonyl (C=O) groups is 1. The number of rotatable bonds is 5. The second kappa shape index (κ2) is 7.16. The van der Waals surface area contributed by atoms with Crippen molar-refractivity contribution in [1.29, 1.82) is 0 Å². The van der Waals surface area contributed by atoms with E-state index in [0.29, 0.717) is 13.1 Å². The molecular weight excluding hydrogens is 310 g/mol. The Kier molecular flexibility index (Phi) is 5.52. The molecule has 0 unspecified atom stereocenters. The van der Waals surface area contributed by atoms with Crippen LogP contribution in [-0.4, -0.2) is 23.6 Å². The average molecular weight is 326 g/mol. The molecule has 0 N–H and O–H groups in total. The van der Waals surface area contributed by atoms with Gasteiger partial charge in [-0.1, -0.05) is 11.6 Å². The molecule has 1 amide bonds. The Hall–Kier alpha value is -0.970. The smallest absolute Gasteiger partial charge is 0.254 e. The van der Waals surface area contributed by atoms with E-state index in [1.165, 1.54) is 11.3 Å². The van der Waals surface area contributed by atoms with Crippen LogP contribution in [0.4, 0.5) is 0 Å². The Bertz CT molecular complexity index is 580. The molecule has 1 heterocycles. The van der Waals surface area contributed by atoms with Gasteiger partial charge in [0.05, 0.1) is 10.9 Å². The van der Waals surface area contributed by atoms with Gasteiger partial charge in [0.2, 0.25) is 0 Å². The summed E-state index contributed by atoms with van der Waals surface area (Å²) >= 11 is 9.12. The van der Waals surface area contributed by atoms with Crippen molar-refractivity contribution in [3.63, 3.8) is 0 Å². The molecule has 0 aliphatic carbocycles. The van der Waals surface area contributed by atoms with E-state index in [1.54, 1.807) is 11.8 Å². The highest BCUT2D eigenvalue weighted by atomic mass is 35.5. The van der Waals surface area contributed by atoms with Crippen molar-refractivity contribution < 1.29 is 4.79 Å². The number of thioether (sulfide) groups is 1. The Morgan fingerprint density at radius 2 is 1.95 bits per heavy atom. The first-order valence-corrected chi connectivity index (χ1v) is 8.73. The van der Waals surface area contributed by atoms with Gasteiger partial charge in [-0.25, -0.2) is 0 Å². The summed E-state index contributed by atoms with van der Waals surface area (Å²) in [5.74, 6) is 0.0599. The molecular formula is C15H16ClNOS2. The highest BCUT2D eigenvalue weighted by Crippen LogP contribution is 2.23. The molecule has 0 saturated heterocycles. The zero-order valence-corrected chi connectivity index (χ0v) is 13.8. The summed E-state index contributed by atoms with van der Waals surface area (Å²) in [6.45, 7) is 3.28. The number of carbonyl (C=O) groups excluding carboxylic acids is 1. The first kappa shape index (κ1) is 15.4. The minimum Gasteiger partial charge on any atom is -0.334 e. The molecule has 0 aliphatic rings. The van der Waals surface area contributed by atoms with Gasteiger partial charge in [-0.15, -0.1) is 23.1 Å². The minimum absolute atomic E-state index is 0.0599. The Morgan fingerprint density at radius 1 is 1.25 bits per heavy atom. The van der Waals surface area contributed by atoms with E-state index in [-0.39, 0.29) is 5.91 Å². The topological polar surface area (TPSA) is 20.3 Å². The molecule has 2 rings (SSSR count). The molecule has 2 aromatic rings. The monoisotopic (exact) mass is 325 g/mol. The number of benzene rings is 1. The van der Waals surface area contributed by atoms with Crippen LogP contribution in [0.1, 0.15) is 22.2 Å². The molecule has 1 aromatic heterocycles. The third-order valence-corrected chi connectivity index (χ3v) is 4.94. The van der Waals surface area contributed by atoms with Gasteiger partial charge in [0.15, 0.2) is 0 Å². The maximum Gasteiger partial charge on any atom is 0.254 e. The standard InChI is InChI=1S/C15H16ClNOS2/c1-3-17(10-13-8-9-14(16)20-13)15(18)11-4-6-12(19-2)7-5-11/h4-9H,3,10H2,1-2H3. The van der Waals surface area contributed by atoms with Gasteiger partial charge < -0.3 is 4.90 Å². The second-order valence-electron chi connectivity index (χ2n) is 4.25. The quantitative estimate of drug-likeness (QED) is 0.737. The lowest BCUT2D eigenvalue weighted by atomic mass is 10.2. The summed E-state index contributed by atoms with van der Waals surface area (Å²) in [6.07, 6.45) is 2.02. The molecule has 106 valence electrons. The van der Waals surface area contributed by atoms with Gasteiger partial charge >= 0.3 is 0 Å². The van der Waals surface area contributed by atoms with Crippen LogP contribution in [0, 0.1) is 0 Å². The van der Waals surface area contributed by atoms with Crippen molar-refractivity contribution in [3.8, 4) is 0 Å². The molecule has 0 radical (unpaired) electrons. The zero-order valence-electron chi connectivity index (χ0n) is 11.4. The summed E-state index contributed by atoms with van der Waals surface area (Å²) < 4.78 is 0.757. The van der Waals surface area contributed by atoms with Crippen LogP contribution in [0.15, 0.2) is 41.3 Å². The van der Waals surface area contributed by atoms with Gasteiger partial charge in [0.25, 0.3) is 5.91 Å². The third kappa shape index (κ3) is 3.78. The fraction of sp³-hybridized carbons (Fsp3) is 0.267. The van der Waals surface area contributed by atoms with Gasteiger partial charge in [-0.2, -0.15) is 0 Å². The molecule has 0 fully saturated rings. The van der Waals surface area contributed by atoms with Gasteiger partial charge in [-0.05, 0) is 49.6 Å². The van der Waals surface area contributed by atoms with E-state index in [9.17, 15) is 4.79 Å². The molecule has 0 saturated carbocycles. The first-order chi connectivity index (χ1) is 9.63. The van der Waals surface area contributed by atoms with E-state index >= 15 is 0 Å². The maximum atomic E-state index is 12.5. The molecule has 0 spiro atoms. The molecule has 5 heteroatoms. The fourth-order valence-corrected chi connectivity index (χ4v) is 3.38. The zero-order chi connectivity index (χ0) is 14.5. The maximum absolute atomic E-state index is 12.5. The number of thiophene rings is 1. The van der Waals surface area contributed by atoms with Crippen LogP contribution in [0.5, 0.6) is 0 Å². The SMILES string of the molecule is CCN(Cc1ccc(Cl)s1)C(=O)c1ccc(SC)cc1. The van der Waals surface area contributed by atoms with Crippen LogP contribution in [-0.2, 0) is 6.54 Å². The number of hydrogen-bond donors (Lipinski definition) is 0. The second-order valence-corrected chi connectivity index (χ2v) is 6.93. The minimum atomic E-state index is 0.0599. The fourth-order valence-electron chi connectivity index (χ4n) is 1.87. The third-order valence-electron chi connectivity index (χ3n) is 2.98. The largest absolute Gasteiger partial charge is 0.334 e. The Morgan fingerprint density at radius 3 is 2.45 bits per heavy atom. The van der Waals surface area contributed by atoms with Gasteiger partial charge in [0.1, 0.15) is 0 Å². The van der Waals surface area contributed by atoms with E-state index < -0.39 is 0 Å². The lowest BCUT2D eigenvalue weighted by Crippen LogP contribution is -2.29. The Labute approximate surface area is 132 Å². The van der Waals surface area contributed by atoms with Gasteiger partial charge in [0, 0.05) is 21.9 Å². The number of hydrogen-bond acceptors (Lipinski definition) is 3. The first-order valence-electron chi connectivity index (χ1n) is 6.31. The van der Waals surface area contributed by atoms with Crippen LogP contribution in [0.3, 0.4) is 0 Å². The lowest BCUT2D eigenvalue weighted by Gasteiger charge is -2.20. The van der Waals surface area contributed by atoms with E-state index in [2.05, 4.69) is 0 Å². The van der Waals surface area contributed by atoms with Crippen molar-refractivity contribution in [2.75, 3.05) is 12.8 Å². The molecule has 2 nitrogen and oxygen atoms in total. The normalized spacial score (nSPS) is 10.6. The molecule has 0 bridgehead atoms. The van der Waals surface area contributed by atoms with Crippen molar-refractivity contribution in [2.45, 2.75) is 18.4 Å². The van der Waals surface area contributed by atoms with E-state index in [4.69, 9.17) is 11.6 Å². The molecule has 1 aromatic carbocycles. The van der Waals surface area contributed by atoms with Crippen molar-refractivity contribution in [2.24, 2.45) is 0 Å². The number of amides is 1. The predicted octanol–water partition coefficient (Wildman–Crippen LogP) is 4.79. The van der Waals surface area contributed by atoms with Crippen molar-refractivity contribution in [1.82, 2.24) is 4.90 Å². The summed E-state index contributed by atoms with van der Waals surface area (Å²) in [5, 5.41) is 0. The average Bonchev–Trinajstić information content (AvgIpc) is 2.89. The van der Waals surface area contributed by atoms with Crippen LogP contribution in [0.2, 0.25) is 4.34 Å². The Balaban J connectivity index is 2.11. The summed E-state index contributed by atoms with van der Waals surface area (Å²) in [5.41, 5.74) is 0.729. The lowest BCUT2D eigenvalue weighted by molar-refractivity contribution is 0.0754. The van der Waals surface area contributed by atoms with Gasteiger partial charge in [-0.3, -0.25) is 4.79 Å². The number of nitrogens with zero attached hydrogens (tertiary/aromatic N) is 1. The van der Waals surface area contributed by atoms with E-state index in [0.717, 1.165) is 19.7 Å². The predicted molar refractivity (Wildman–Crippen MR) is 88.0 cm³/mol. The summed E-state index contributed by atoms with van der Waals surface area (Å²) in [6, 6.07) is 11.6. The molecule has 20 heavy (non-hydrogen) atoms. The highest BCUT2D eigenvalue weighted by Gasteiger charge is 2.15. The van der Waals surface area contributed by atoms with Crippen LogP contribution >= 0.6 is 34.7 Å².